The summed E-state index contributed by atoms with van der Waals surface area (Å²) in [6.07, 6.45) is 0. The van der Waals surface area contributed by atoms with Crippen LogP contribution in [-0.4, -0.2) is 25.1 Å². The van der Waals surface area contributed by atoms with Crippen LogP contribution in [0.3, 0.4) is 0 Å². The van der Waals surface area contributed by atoms with Gasteiger partial charge in [0.05, 0.1) is 19.9 Å². The molecule has 8 heteroatoms. The molecule has 6 nitrogen and oxygen atoms in total. The average Bonchev–Trinajstić information content (AvgIpc) is 3.14. The van der Waals surface area contributed by atoms with Crippen molar-refractivity contribution in [3.63, 3.8) is 0 Å². The quantitative estimate of drug-likeness (QED) is 0.597. The minimum Gasteiger partial charge on any atom is -0.497 e. The van der Waals surface area contributed by atoms with Gasteiger partial charge in [-0.1, -0.05) is 17.7 Å². The number of nitrogens with one attached hydrogen (secondary N) is 2. The molecule has 27 heavy (non-hydrogen) atoms. The molecule has 0 aliphatic heterocycles. The van der Waals surface area contributed by atoms with Crippen LogP contribution in [0.25, 0.3) is 0 Å². The third-order valence-electron chi connectivity index (χ3n) is 3.90. The van der Waals surface area contributed by atoms with Gasteiger partial charge in [0.2, 0.25) is 0 Å². The molecule has 2 aromatic carbocycles. The molecule has 0 fully saturated rings. The maximum atomic E-state index is 12.5. The molecule has 1 aromatic heterocycles. The SMILES string of the molecule is COc1ccc(Nc2nc(C(=O)Nc3cccc(Cl)c3C)cs2)c(OC)c1. The molecule has 0 spiro atoms. The first-order valence-electron chi connectivity index (χ1n) is 8.03. The van der Waals surface area contributed by atoms with Gasteiger partial charge >= 0.3 is 0 Å². The zero-order valence-electron chi connectivity index (χ0n) is 15.0. The zero-order valence-corrected chi connectivity index (χ0v) is 16.6. The number of methoxy groups -OCH3 is 2. The molecule has 0 aliphatic carbocycles. The van der Waals surface area contributed by atoms with Gasteiger partial charge in [0.15, 0.2) is 5.13 Å². The van der Waals surface area contributed by atoms with Crippen molar-refractivity contribution >= 4 is 45.4 Å². The Morgan fingerprint density at radius 2 is 1.96 bits per heavy atom. The summed E-state index contributed by atoms with van der Waals surface area (Å²) in [4.78, 5) is 16.8. The first kappa shape index (κ1) is 19.0. The van der Waals surface area contributed by atoms with E-state index in [2.05, 4.69) is 15.6 Å². The molecular formula is C19H18ClN3O3S. The number of carbonyl (C=O) groups is 1. The van der Waals surface area contributed by atoms with E-state index in [1.54, 1.807) is 43.9 Å². The highest BCUT2D eigenvalue weighted by Gasteiger charge is 2.14. The van der Waals surface area contributed by atoms with Gasteiger partial charge in [-0.15, -0.1) is 11.3 Å². The predicted octanol–water partition coefficient (Wildman–Crippen LogP) is 5.12. The topological polar surface area (TPSA) is 72.5 Å². The largest absolute Gasteiger partial charge is 0.497 e. The van der Waals surface area contributed by atoms with Crippen molar-refractivity contribution in [2.45, 2.75) is 6.92 Å². The van der Waals surface area contributed by atoms with E-state index in [-0.39, 0.29) is 5.91 Å². The Kier molecular flexibility index (Phi) is 5.83. The second-order valence-corrected chi connectivity index (χ2v) is 6.86. The second kappa shape index (κ2) is 8.28. The number of ether oxygens (including phenoxy) is 2. The minimum atomic E-state index is -0.300. The van der Waals surface area contributed by atoms with Crippen molar-refractivity contribution in [3.05, 3.63) is 58.1 Å². The first-order valence-corrected chi connectivity index (χ1v) is 9.28. The van der Waals surface area contributed by atoms with Crippen LogP contribution in [0.2, 0.25) is 5.02 Å². The number of anilines is 3. The van der Waals surface area contributed by atoms with Crippen molar-refractivity contribution in [2.24, 2.45) is 0 Å². The number of thiazole rings is 1. The van der Waals surface area contributed by atoms with E-state index in [4.69, 9.17) is 21.1 Å². The highest BCUT2D eigenvalue weighted by atomic mass is 35.5. The molecule has 1 heterocycles. The lowest BCUT2D eigenvalue weighted by molar-refractivity contribution is 0.102. The molecule has 3 aromatic rings. The number of hydrogen-bond acceptors (Lipinski definition) is 6. The van der Waals surface area contributed by atoms with Gasteiger partial charge in [0.25, 0.3) is 5.91 Å². The maximum absolute atomic E-state index is 12.5. The van der Waals surface area contributed by atoms with Crippen LogP contribution in [0.5, 0.6) is 11.5 Å². The third-order valence-corrected chi connectivity index (χ3v) is 5.07. The fourth-order valence-electron chi connectivity index (χ4n) is 2.38. The van der Waals surface area contributed by atoms with Gasteiger partial charge in [-0.2, -0.15) is 0 Å². The summed E-state index contributed by atoms with van der Waals surface area (Å²) in [6.45, 7) is 1.85. The normalized spacial score (nSPS) is 10.4. The highest BCUT2D eigenvalue weighted by Crippen LogP contribution is 2.32. The molecule has 0 aliphatic rings. The molecule has 1 amide bonds. The number of carbonyl (C=O) groups excluding carboxylic acids is 1. The summed E-state index contributed by atoms with van der Waals surface area (Å²) < 4.78 is 10.5. The molecule has 140 valence electrons. The Labute approximate surface area is 166 Å². The smallest absolute Gasteiger partial charge is 0.275 e. The monoisotopic (exact) mass is 403 g/mol. The lowest BCUT2D eigenvalue weighted by atomic mass is 10.2. The van der Waals surface area contributed by atoms with Crippen molar-refractivity contribution < 1.29 is 14.3 Å². The van der Waals surface area contributed by atoms with E-state index < -0.39 is 0 Å². The summed E-state index contributed by atoms with van der Waals surface area (Å²) >= 11 is 7.42. The molecule has 0 saturated heterocycles. The number of rotatable bonds is 6. The van der Waals surface area contributed by atoms with Crippen LogP contribution in [-0.2, 0) is 0 Å². The van der Waals surface area contributed by atoms with Gasteiger partial charge in [-0.25, -0.2) is 4.98 Å². The van der Waals surface area contributed by atoms with E-state index in [0.29, 0.717) is 33.0 Å². The summed E-state index contributed by atoms with van der Waals surface area (Å²) in [5.41, 5.74) is 2.51. The highest BCUT2D eigenvalue weighted by molar-refractivity contribution is 7.14. The first-order chi connectivity index (χ1) is 13.0. The average molecular weight is 404 g/mol. The zero-order chi connectivity index (χ0) is 19.4. The van der Waals surface area contributed by atoms with E-state index in [0.717, 1.165) is 11.3 Å². The maximum Gasteiger partial charge on any atom is 0.275 e. The van der Waals surface area contributed by atoms with Crippen LogP contribution in [0, 0.1) is 6.92 Å². The molecule has 0 unspecified atom stereocenters. The van der Waals surface area contributed by atoms with Gasteiger partial charge in [0, 0.05) is 22.2 Å². The Bertz CT molecular complexity index is 975. The summed E-state index contributed by atoms with van der Waals surface area (Å²) in [6, 6.07) is 10.8. The minimum absolute atomic E-state index is 0.300. The van der Waals surface area contributed by atoms with Gasteiger partial charge in [-0.05, 0) is 36.8 Å². The van der Waals surface area contributed by atoms with Crippen LogP contribution in [0.1, 0.15) is 16.1 Å². The number of benzene rings is 2. The second-order valence-electron chi connectivity index (χ2n) is 5.60. The van der Waals surface area contributed by atoms with Crippen molar-refractivity contribution in [2.75, 3.05) is 24.9 Å². The molecule has 0 atom stereocenters. The summed E-state index contributed by atoms with van der Waals surface area (Å²) in [5.74, 6) is 1.00. The predicted molar refractivity (Wildman–Crippen MR) is 109 cm³/mol. The number of amides is 1. The number of aromatic nitrogens is 1. The van der Waals surface area contributed by atoms with Gasteiger partial charge in [0.1, 0.15) is 17.2 Å². The lowest BCUT2D eigenvalue weighted by Gasteiger charge is -2.10. The molecule has 3 rings (SSSR count). The number of nitrogens with zero attached hydrogens (tertiary/aromatic N) is 1. The molecule has 0 radical (unpaired) electrons. The Morgan fingerprint density at radius 3 is 2.70 bits per heavy atom. The van der Waals surface area contributed by atoms with E-state index in [1.807, 2.05) is 19.1 Å². The van der Waals surface area contributed by atoms with Crippen molar-refractivity contribution in [1.29, 1.82) is 0 Å². The Balaban J connectivity index is 1.75. The van der Waals surface area contributed by atoms with Crippen molar-refractivity contribution in [1.82, 2.24) is 4.98 Å². The Morgan fingerprint density at radius 1 is 1.15 bits per heavy atom. The van der Waals surface area contributed by atoms with Crippen molar-refractivity contribution in [3.8, 4) is 11.5 Å². The summed E-state index contributed by atoms with van der Waals surface area (Å²) in [7, 11) is 3.17. The fourth-order valence-corrected chi connectivity index (χ4v) is 3.26. The van der Waals surface area contributed by atoms with Crippen LogP contribution >= 0.6 is 22.9 Å². The third kappa shape index (κ3) is 4.32. The summed E-state index contributed by atoms with van der Waals surface area (Å²) in [5, 5.41) is 8.85. The van der Waals surface area contributed by atoms with Crippen LogP contribution in [0.15, 0.2) is 41.8 Å². The molecule has 0 saturated carbocycles. The number of hydrogen-bond donors (Lipinski definition) is 2. The van der Waals surface area contributed by atoms with E-state index in [9.17, 15) is 4.79 Å². The van der Waals surface area contributed by atoms with Gasteiger partial charge in [-0.3, -0.25) is 4.79 Å². The van der Waals surface area contributed by atoms with E-state index >= 15 is 0 Å². The fraction of sp³-hybridized carbons (Fsp3) is 0.158. The van der Waals surface area contributed by atoms with Crippen LogP contribution < -0.4 is 20.1 Å². The van der Waals surface area contributed by atoms with Gasteiger partial charge < -0.3 is 20.1 Å². The number of halogens is 1. The molecule has 2 N–H and O–H groups in total. The molecule has 0 bridgehead atoms. The Hall–Kier alpha value is -2.77. The lowest BCUT2D eigenvalue weighted by Crippen LogP contribution is -2.13. The molecular weight excluding hydrogens is 386 g/mol. The standard InChI is InChI=1S/C19H18ClN3O3S/c1-11-13(20)5-4-6-14(11)21-18(24)16-10-27-19(23-16)22-15-8-7-12(25-2)9-17(15)26-3/h4-10H,1-3H3,(H,21,24)(H,22,23). The van der Waals surface area contributed by atoms with Crippen LogP contribution in [0.4, 0.5) is 16.5 Å². The van der Waals surface area contributed by atoms with E-state index in [1.165, 1.54) is 11.3 Å².